The van der Waals surface area contributed by atoms with E-state index in [0.717, 1.165) is 12.0 Å². The number of aromatic nitrogens is 1. The summed E-state index contributed by atoms with van der Waals surface area (Å²) in [5.41, 5.74) is 3.69. The van der Waals surface area contributed by atoms with Crippen molar-refractivity contribution < 1.29 is 9.21 Å². The zero-order valence-electron chi connectivity index (χ0n) is 16.3. The first-order valence-corrected chi connectivity index (χ1v) is 11.1. The maximum absolute atomic E-state index is 13.0. The average Bonchev–Trinajstić information content (AvgIpc) is 3.18. The number of benzene rings is 3. The lowest BCUT2D eigenvalue weighted by Gasteiger charge is -2.22. The molecule has 4 rings (SSSR count). The summed E-state index contributed by atoms with van der Waals surface area (Å²) in [4.78, 5) is 19.3. The van der Waals surface area contributed by atoms with Crippen LogP contribution in [0.3, 0.4) is 0 Å². The van der Waals surface area contributed by atoms with Gasteiger partial charge in [-0.2, -0.15) is 0 Å². The minimum atomic E-state index is 0.0556. The number of hydrogen-bond acceptors (Lipinski definition) is 4. The largest absolute Gasteiger partial charge is 0.431 e. The van der Waals surface area contributed by atoms with Crippen molar-refractivity contribution in [1.82, 2.24) is 9.88 Å². The molecule has 0 saturated heterocycles. The number of amides is 1. The molecule has 4 nitrogen and oxygen atoms in total. The number of halogens is 1. The summed E-state index contributed by atoms with van der Waals surface area (Å²) in [7, 11) is 0. The van der Waals surface area contributed by atoms with E-state index in [0.29, 0.717) is 34.4 Å². The molecule has 1 heterocycles. The van der Waals surface area contributed by atoms with E-state index >= 15 is 0 Å². The topological polar surface area (TPSA) is 46.3 Å². The number of hydrogen-bond donors (Lipinski definition) is 0. The molecule has 1 aromatic heterocycles. The third-order valence-electron chi connectivity index (χ3n) is 4.73. The van der Waals surface area contributed by atoms with Gasteiger partial charge in [0, 0.05) is 18.1 Å². The predicted octanol–water partition coefficient (Wildman–Crippen LogP) is 5.84. The van der Waals surface area contributed by atoms with Crippen LogP contribution in [0.4, 0.5) is 0 Å². The fraction of sp³-hybridized carbons (Fsp3) is 0.167. The molecule has 0 spiro atoms. The Morgan fingerprint density at radius 1 is 0.967 bits per heavy atom. The molecule has 0 N–H and O–H groups in total. The van der Waals surface area contributed by atoms with Crippen LogP contribution in [-0.2, 0) is 17.8 Å². The Morgan fingerprint density at radius 2 is 1.67 bits per heavy atom. The molecule has 0 aliphatic rings. The number of thioether (sulfide) groups is 1. The smallest absolute Gasteiger partial charge is 0.257 e. The molecule has 0 unspecified atom stereocenters. The summed E-state index contributed by atoms with van der Waals surface area (Å²) in [6, 6.07) is 25.6. The first-order chi connectivity index (χ1) is 14.7. The van der Waals surface area contributed by atoms with Gasteiger partial charge in [-0.3, -0.25) is 4.79 Å². The molecule has 0 aliphatic carbocycles. The summed E-state index contributed by atoms with van der Waals surface area (Å²) in [6.07, 6.45) is 0.811. The fourth-order valence-corrected chi connectivity index (χ4v) is 4.07. The van der Waals surface area contributed by atoms with Crippen LogP contribution in [0.2, 0.25) is 5.02 Å². The number of rotatable bonds is 8. The van der Waals surface area contributed by atoms with Crippen LogP contribution in [-0.4, -0.2) is 28.1 Å². The van der Waals surface area contributed by atoms with Crippen molar-refractivity contribution in [1.29, 1.82) is 0 Å². The van der Waals surface area contributed by atoms with Crippen molar-refractivity contribution in [3.8, 4) is 0 Å². The zero-order valence-corrected chi connectivity index (χ0v) is 17.9. The van der Waals surface area contributed by atoms with Gasteiger partial charge in [0.05, 0.1) is 5.75 Å². The first-order valence-electron chi connectivity index (χ1n) is 9.72. The Hall–Kier alpha value is -2.76. The second-order valence-electron chi connectivity index (χ2n) is 6.92. The highest BCUT2D eigenvalue weighted by molar-refractivity contribution is 7.99. The molecule has 0 bridgehead atoms. The minimum Gasteiger partial charge on any atom is -0.431 e. The first kappa shape index (κ1) is 20.5. The average molecular weight is 437 g/mol. The minimum absolute atomic E-state index is 0.0556. The number of carbonyl (C=O) groups is 1. The molecular weight excluding hydrogens is 416 g/mol. The van der Waals surface area contributed by atoms with Crippen molar-refractivity contribution in [2.24, 2.45) is 0 Å². The molecule has 6 heteroatoms. The number of fused-ring (bicyclic) bond motifs is 1. The van der Waals surface area contributed by atoms with Gasteiger partial charge in [-0.15, -0.1) is 0 Å². The monoisotopic (exact) mass is 436 g/mol. The van der Waals surface area contributed by atoms with E-state index < -0.39 is 0 Å². The van der Waals surface area contributed by atoms with E-state index in [9.17, 15) is 4.79 Å². The maximum Gasteiger partial charge on any atom is 0.257 e. The third kappa shape index (κ3) is 5.43. The van der Waals surface area contributed by atoms with Gasteiger partial charge >= 0.3 is 0 Å². The summed E-state index contributed by atoms with van der Waals surface area (Å²) < 4.78 is 5.72. The van der Waals surface area contributed by atoms with E-state index in [1.807, 2.05) is 53.4 Å². The van der Waals surface area contributed by atoms with Gasteiger partial charge in [-0.1, -0.05) is 84.0 Å². The highest BCUT2D eigenvalue weighted by Gasteiger charge is 2.16. The maximum atomic E-state index is 13.0. The zero-order chi connectivity index (χ0) is 20.8. The van der Waals surface area contributed by atoms with Crippen LogP contribution >= 0.6 is 23.4 Å². The molecule has 0 aliphatic heterocycles. The van der Waals surface area contributed by atoms with Crippen molar-refractivity contribution >= 4 is 40.4 Å². The number of oxazole rings is 1. The lowest BCUT2D eigenvalue weighted by Crippen LogP contribution is -2.33. The van der Waals surface area contributed by atoms with Crippen molar-refractivity contribution in [3.63, 3.8) is 0 Å². The van der Waals surface area contributed by atoms with Gasteiger partial charge in [-0.25, -0.2) is 4.98 Å². The van der Waals surface area contributed by atoms with Crippen LogP contribution in [0, 0.1) is 0 Å². The fourth-order valence-electron chi connectivity index (χ4n) is 3.16. The SMILES string of the molecule is O=C(CSc1nc2cc(Cl)ccc2o1)N(CCc1ccccc1)Cc1ccccc1. The summed E-state index contributed by atoms with van der Waals surface area (Å²) in [5, 5.41) is 1.08. The Labute approximate surface area is 184 Å². The van der Waals surface area contributed by atoms with Crippen LogP contribution in [0.15, 0.2) is 88.5 Å². The predicted molar refractivity (Wildman–Crippen MR) is 122 cm³/mol. The van der Waals surface area contributed by atoms with Crippen LogP contribution in [0.1, 0.15) is 11.1 Å². The second kappa shape index (κ2) is 9.83. The van der Waals surface area contributed by atoms with E-state index in [4.69, 9.17) is 16.0 Å². The summed E-state index contributed by atoms with van der Waals surface area (Å²) in [5.74, 6) is 0.322. The molecule has 0 fully saturated rings. The van der Waals surface area contributed by atoms with E-state index in [-0.39, 0.29) is 11.7 Å². The highest BCUT2D eigenvalue weighted by atomic mass is 35.5. The Kier molecular flexibility index (Phi) is 6.72. The molecule has 3 aromatic carbocycles. The van der Waals surface area contributed by atoms with Crippen LogP contribution in [0.25, 0.3) is 11.1 Å². The summed E-state index contributed by atoms with van der Waals surface area (Å²) in [6.45, 7) is 1.23. The Balaban J connectivity index is 1.43. The molecule has 0 radical (unpaired) electrons. The lowest BCUT2D eigenvalue weighted by atomic mass is 10.1. The molecular formula is C24H21ClN2O2S. The standard InChI is InChI=1S/C24H21ClN2O2S/c25-20-11-12-22-21(15-20)26-24(29-22)30-17-23(28)27(16-19-9-5-2-6-10-19)14-13-18-7-3-1-4-8-18/h1-12,15H,13-14,16-17H2. The second-order valence-corrected chi connectivity index (χ2v) is 8.28. The lowest BCUT2D eigenvalue weighted by molar-refractivity contribution is -0.128. The van der Waals surface area contributed by atoms with Gasteiger partial charge < -0.3 is 9.32 Å². The number of carbonyl (C=O) groups excluding carboxylic acids is 1. The quantitative estimate of drug-likeness (QED) is 0.325. The molecule has 152 valence electrons. The van der Waals surface area contributed by atoms with Crippen LogP contribution in [0.5, 0.6) is 0 Å². The number of nitrogens with zero attached hydrogens (tertiary/aromatic N) is 2. The van der Waals surface area contributed by atoms with E-state index in [2.05, 4.69) is 17.1 Å². The van der Waals surface area contributed by atoms with Crippen molar-refractivity contribution in [2.45, 2.75) is 18.2 Å². The Bertz CT molecular complexity index is 1120. The van der Waals surface area contributed by atoms with Gasteiger partial charge in [0.2, 0.25) is 5.91 Å². The molecule has 1 amide bonds. The normalized spacial score (nSPS) is 11.0. The van der Waals surface area contributed by atoms with E-state index in [1.165, 1.54) is 17.3 Å². The van der Waals surface area contributed by atoms with Crippen LogP contribution < -0.4 is 0 Å². The van der Waals surface area contributed by atoms with E-state index in [1.54, 1.807) is 18.2 Å². The Morgan fingerprint density at radius 3 is 2.40 bits per heavy atom. The van der Waals surface area contributed by atoms with Gasteiger partial charge in [0.15, 0.2) is 5.58 Å². The van der Waals surface area contributed by atoms with Crippen molar-refractivity contribution in [2.75, 3.05) is 12.3 Å². The third-order valence-corrected chi connectivity index (χ3v) is 5.78. The molecule has 30 heavy (non-hydrogen) atoms. The van der Waals surface area contributed by atoms with Gasteiger partial charge in [0.25, 0.3) is 5.22 Å². The highest BCUT2D eigenvalue weighted by Crippen LogP contribution is 2.26. The van der Waals surface area contributed by atoms with Gasteiger partial charge in [-0.05, 0) is 35.7 Å². The summed E-state index contributed by atoms with van der Waals surface area (Å²) >= 11 is 7.32. The molecule has 0 atom stereocenters. The molecule has 0 saturated carbocycles. The van der Waals surface area contributed by atoms with Crippen molar-refractivity contribution in [3.05, 3.63) is 95.0 Å². The van der Waals surface area contributed by atoms with Gasteiger partial charge in [0.1, 0.15) is 5.52 Å². The molecule has 4 aromatic rings.